The second kappa shape index (κ2) is 11.2. The minimum Gasteiger partial charge on any atom is -0.489 e. The first-order chi connectivity index (χ1) is 16.5. The van der Waals surface area contributed by atoms with Crippen molar-refractivity contribution in [1.82, 2.24) is 9.88 Å². The molecule has 0 unspecified atom stereocenters. The number of hydrogen-bond donors (Lipinski definition) is 0. The van der Waals surface area contributed by atoms with Gasteiger partial charge in [0.15, 0.2) is 0 Å². The average molecular weight is 460 g/mol. The fourth-order valence-corrected chi connectivity index (χ4v) is 4.09. The number of hydrogen-bond acceptors (Lipinski definition) is 6. The number of benzene rings is 2. The van der Waals surface area contributed by atoms with Crippen molar-refractivity contribution in [2.75, 3.05) is 31.1 Å². The van der Waals surface area contributed by atoms with Crippen molar-refractivity contribution in [2.45, 2.75) is 40.0 Å². The number of aromatic nitrogens is 1. The number of aryl methyl sites for hydroxylation is 1. The van der Waals surface area contributed by atoms with E-state index in [1.165, 1.54) is 16.7 Å². The molecule has 178 valence electrons. The number of rotatable bonds is 8. The molecular weight excluding hydrogens is 426 g/mol. The minimum atomic E-state index is -0.315. The summed E-state index contributed by atoms with van der Waals surface area (Å²) in [7, 11) is 0. The first-order valence-corrected chi connectivity index (χ1v) is 11.9. The Bertz CT molecular complexity index is 1090. The molecule has 0 atom stereocenters. The van der Waals surface area contributed by atoms with Crippen LogP contribution in [0.25, 0.3) is 0 Å². The smallest absolute Gasteiger partial charge is 0.342 e. The molecule has 2 aromatic carbocycles. The fraction of sp³-hybridized carbons (Fsp3) is 0.357. The van der Waals surface area contributed by atoms with Gasteiger partial charge in [-0.1, -0.05) is 36.4 Å². The zero-order chi connectivity index (χ0) is 23.9. The molecule has 2 heterocycles. The van der Waals surface area contributed by atoms with E-state index in [1.54, 1.807) is 18.3 Å². The van der Waals surface area contributed by atoms with E-state index in [0.29, 0.717) is 18.0 Å². The van der Waals surface area contributed by atoms with E-state index in [0.717, 1.165) is 38.5 Å². The summed E-state index contributed by atoms with van der Waals surface area (Å²) < 4.78 is 11.4. The summed E-state index contributed by atoms with van der Waals surface area (Å²) in [4.78, 5) is 21.6. The molecule has 3 aromatic rings. The number of pyridine rings is 1. The van der Waals surface area contributed by atoms with Crippen LogP contribution in [0, 0.1) is 6.92 Å². The van der Waals surface area contributed by atoms with E-state index in [-0.39, 0.29) is 12.1 Å². The SMILES string of the molecule is Cc1ccccc1COc1ccc(CN2CCN(c3ncccc3C(=O)OC(C)C)CC2)cc1. The van der Waals surface area contributed by atoms with Gasteiger partial charge < -0.3 is 14.4 Å². The number of carbonyl (C=O) groups is 1. The van der Waals surface area contributed by atoms with Gasteiger partial charge in [0.05, 0.1) is 6.10 Å². The van der Waals surface area contributed by atoms with Gasteiger partial charge in [-0.3, -0.25) is 4.90 Å². The molecular formula is C28H33N3O3. The van der Waals surface area contributed by atoms with Crippen molar-refractivity contribution in [3.05, 3.63) is 89.1 Å². The topological polar surface area (TPSA) is 54.9 Å². The van der Waals surface area contributed by atoms with Crippen LogP contribution in [0.1, 0.15) is 40.9 Å². The Morgan fingerprint density at radius 2 is 1.71 bits per heavy atom. The monoisotopic (exact) mass is 459 g/mol. The average Bonchev–Trinajstić information content (AvgIpc) is 2.84. The zero-order valence-electron chi connectivity index (χ0n) is 20.2. The Labute approximate surface area is 202 Å². The van der Waals surface area contributed by atoms with Gasteiger partial charge >= 0.3 is 5.97 Å². The van der Waals surface area contributed by atoms with Crippen molar-refractivity contribution in [3.63, 3.8) is 0 Å². The zero-order valence-corrected chi connectivity index (χ0v) is 20.2. The first-order valence-electron chi connectivity index (χ1n) is 11.9. The molecule has 6 heteroatoms. The number of nitrogens with zero attached hydrogens (tertiary/aromatic N) is 3. The highest BCUT2D eigenvalue weighted by Crippen LogP contribution is 2.22. The molecule has 0 spiro atoms. The molecule has 1 saturated heterocycles. The lowest BCUT2D eigenvalue weighted by Gasteiger charge is -2.36. The summed E-state index contributed by atoms with van der Waals surface area (Å²) in [5.74, 6) is 1.28. The predicted molar refractivity (Wildman–Crippen MR) is 134 cm³/mol. The third-order valence-electron chi connectivity index (χ3n) is 6.01. The fourth-order valence-electron chi connectivity index (χ4n) is 4.09. The second-order valence-electron chi connectivity index (χ2n) is 8.95. The Morgan fingerprint density at radius 3 is 2.41 bits per heavy atom. The Hall–Kier alpha value is -3.38. The number of esters is 1. The Kier molecular flexibility index (Phi) is 7.80. The van der Waals surface area contributed by atoms with Gasteiger partial charge in [-0.05, 0) is 61.7 Å². The molecule has 34 heavy (non-hydrogen) atoms. The molecule has 0 N–H and O–H groups in total. The molecule has 0 amide bonds. The normalized spacial score (nSPS) is 14.3. The van der Waals surface area contributed by atoms with Gasteiger partial charge in [0.1, 0.15) is 23.7 Å². The summed E-state index contributed by atoms with van der Waals surface area (Å²) in [6.45, 7) is 10.7. The van der Waals surface area contributed by atoms with Gasteiger partial charge in [0, 0.05) is 38.9 Å². The predicted octanol–water partition coefficient (Wildman–Crippen LogP) is 4.86. The van der Waals surface area contributed by atoms with Crippen LogP contribution in [0.3, 0.4) is 0 Å². The molecule has 1 aliphatic rings. The molecule has 0 radical (unpaired) electrons. The van der Waals surface area contributed by atoms with E-state index >= 15 is 0 Å². The molecule has 0 saturated carbocycles. The minimum absolute atomic E-state index is 0.156. The summed E-state index contributed by atoms with van der Waals surface area (Å²) >= 11 is 0. The van der Waals surface area contributed by atoms with Gasteiger partial charge in [0.2, 0.25) is 0 Å². The van der Waals surface area contributed by atoms with Crippen LogP contribution in [0.5, 0.6) is 5.75 Å². The molecule has 1 fully saturated rings. The van der Waals surface area contributed by atoms with Gasteiger partial charge in [-0.25, -0.2) is 9.78 Å². The Balaban J connectivity index is 1.29. The highest BCUT2D eigenvalue weighted by molar-refractivity contribution is 5.94. The van der Waals surface area contributed by atoms with E-state index in [1.807, 2.05) is 38.1 Å². The highest BCUT2D eigenvalue weighted by atomic mass is 16.5. The van der Waals surface area contributed by atoms with Crippen molar-refractivity contribution >= 4 is 11.8 Å². The lowest BCUT2D eigenvalue weighted by molar-refractivity contribution is 0.0378. The number of ether oxygens (including phenoxy) is 2. The van der Waals surface area contributed by atoms with E-state index in [9.17, 15) is 4.79 Å². The molecule has 0 aliphatic carbocycles. The molecule has 1 aliphatic heterocycles. The summed E-state index contributed by atoms with van der Waals surface area (Å²) in [5.41, 5.74) is 4.24. The van der Waals surface area contributed by atoms with Crippen LogP contribution in [0.15, 0.2) is 66.9 Å². The molecule has 1 aromatic heterocycles. The van der Waals surface area contributed by atoms with Crippen LogP contribution in [0.4, 0.5) is 5.82 Å². The van der Waals surface area contributed by atoms with E-state index in [2.05, 4.69) is 46.0 Å². The van der Waals surface area contributed by atoms with Gasteiger partial charge in [0.25, 0.3) is 0 Å². The summed E-state index contributed by atoms with van der Waals surface area (Å²) in [6, 6.07) is 20.2. The molecule has 0 bridgehead atoms. The van der Waals surface area contributed by atoms with Crippen molar-refractivity contribution < 1.29 is 14.3 Å². The maximum Gasteiger partial charge on any atom is 0.342 e. The number of piperazine rings is 1. The van der Waals surface area contributed by atoms with Crippen molar-refractivity contribution in [3.8, 4) is 5.75 Å². The number of carbonyl (C=O) groups excluding carboxylic acids is 1. The van der Waals surface area contributed by atoms with Crippen LogP contribution >= 0.6 is 0 Å². The van der Waals surface area contributed by atoms with Crippen molar-refractivity contribution in [1.29, 1.82) is 0 Å². The van der Waals surface area contributed by atoms with Gasteiger partial charge in [-0.15, -0.1) is 0 Å². The van der Waals surface area contributed by atoms with E-state index in [4.69, 9.17) is 9.47 Å². The van der Waals surface area contributed by atoms with Crippen LogP contribution in [-0.2, 0) is 17.9 Å². The highest BCUT2D eigenvalue weighted by Gasteiger charge is 2.23. The maximum atomic E-state index is 12.5. The van der Waals surface area contributed by atoms with E-state index < -0.39 is 0 Å². The lowest BCUT2D eigenvalue weighted by Crippen LogP contribution is -2.46. The van der Waals surface area contributed by atoms with Crippen LogP contribution in [-0.4, -0.2) is 48.1 Å². The third-order valence-corrected chi connectivity index (χ3v) is 6.01. The van der Waals surface area contributed by atoms with Crippen LogP contribution < -0.4 is 9.64 Å². The molecule has 6 nitrogen and oxygen atoms in total. The molecule has 4 rings (SSSR count). The standard InChI is InChI=1S/C28H33N3O3/c1-21(2)34-28(32)26-9-6-14-29-27(26)31-17-15-30(16-18-31)19-23-10-12-25(13-11-23)33-20-24-8-5-4-7-22(24)3/h4-14,21H,15-20H2,1-3H3. The van der Waals surface area contributed by atoms with Crippen LogP contribution in [0.2, 0.25) is 0 Å². The first kappa shape index (κ1) is 23.8. The quantitative estimate of drug-likeness (QED) is 0.449. The third kappa shape index (κ3) is 6.14. The van der Waals surface area contributed by atoms with Crippen molar-refractivity contribution in [2.24, 2.45) is 0 Å². The number of anilines is 1. The summed E-state index contributed by atoms with van der Waals surface area (Å²) in [6.07, 6.45) is 1.58. The summed E-state index contributed by atoms with van der Waals surface area (Å²) in [5, 5.41) is 0. The Morgan fingerprint density at radius 1 is 0.971 bits per heavy atom. The second-order valence-corrected chi connectivity index (χ2v) is 8.95. The largest absolute Gasteiger partial charge is 0.489 e. The lowest BCUT2D eigenvalue weighted by atomic mass is 10.1. The van der Waals surface area contributed by atoms with Gasteiger partial charge in [-0.2, -0.15) is 0 Å². The maximum absolute atomic E-state index is 12.5.